The number of amides is 2. The second-order valence-electron chi connectivity index (χ2n) is 6.80. The Bertz CT molecular complexity index is 1040. The summed E-state index contributed by atoms with van der Waals surface area (Å²) >= 11 is 0. The van der Waals surface area contributed by atoms with Crippen LogP contribution >= 0.6 is 0 Å². The number of anilines is 1. The minimum Gasteiger partial charge on any atom is -0.489 e. The van der Waals surface area contributed by atoms with Gasteiger partial charge in [0.25, 0.3) is 5.91 Å². The lowest BCUT2D eigenvalue weighted by atomic mass is 10.2. The fraction of sp³-hybridized carbons (Fsp3) is 0.125. The fourth-order valence-electron chi connectivity index (χ4n) is 2.67. The van der Waals surface area contributed by atoms with Crippen LogP contribution in [0.5, 0.6) is 5.75 Å². The summed E-state index contributed by atoms with van der Waals surface area (Å²) in [6.45, 7) is 3.97. The Hall–Kier alpha value is -3.93. The fourth-order valence-corrected chi connectivity index (χ4v) is 2.67. The van der Waals surface area contributed by atoms with Crippen molar-refractivity contribution >= 4 is 23.7 Å². The molecule has 0 aliphatic rings. The van der Waals surface area contributed by atoms with E-state index in [1.165, 1.54) is 12.5 Å². The molecule has 0 unspecified atom stereocenters. The first-order valence-electron chi connectivity index (χ1n) is 9.49. The molecule has 6 heteroatoms. The summed E-state index contributed by atoms with van der Waals surface area (Å²) in [4.78, 5) is 23.3. The number of carbonyl (C=O) groups excluding carboxylic acids is 2. The lowest BCUT2D eigenvalue weighted by molar-refractivity contribution is -0.114. The average molecular weight is 401 g/mol. The average Bonchev–Trinajstić information content (AvgIpc) is 2.74. The summed E-state index contributed by atoms with van der Waals surface area (Å²) in [6.07, 6.45) is 1.55. The van der Waals surface area contributed by atoms with Gasteiger partial charge >= 0.3 is 0 Å². The van der Waals surface area contributed by atoms with Crippen molar-refractivity contribution in [2.24, 2.45) is 5.10 Å². The molecule has 0 aliphatic carbocycles. The van der Waals surface area contributed by atoms with E-state index in [9.17, 15) is 9.59 Å². The van der Waals surface area contributed by atoms with Crippen LogP contribution in [0.15, 0.2) is 77.9 Å². The van der Waals surface area contributed by atoms with Crippen molar-refractivity contribution in [1.82, 2.24) is 5.43 Å². The molecule has 0 aliphatic heterocycles. The molecule has 0 saturated carbocycles. The quantitative estimate of drug-likeness (QED) is 0.458. The maximum atomic E-state index is 12.2. The number of hydrogen-bond acceptors (Lipinski definition) is 4. The molecule has 0 aromatic heterocycles. The molecule has 0 atom stereocenters. The van der Waals surface area contributed by atoms with E-state index in [-0.39, 0.29) is 11.8 Å². The lowest BCUT2D eigenvalue weighted by Crippen LogP contribution is -2.18. The molecule has 3 aromatic rings. The van der Waals surface area contributed by atoms with Crippen LogP contribution in [0.3, 0.4) is 0 Å². The molecular formula is C24H23N3O3. The molecule has 30 heavy (non-hydrogen) atoms. The molecule has 0 bridgehead atoms. The van der Waals surface area contributed by atoms with Gasteiger partial charge in [-0.2, -0.15) is 5.10 Å². The third-order valence-electron chi connectivity index (χ3n) is 4.23. The van der Waals surface area contributed by atoms with E-state index in [1.54, 1.807) is 30.5 Å². The van der Waals surface area contributed by atoms with Gasteiger partial charge in [-0.15, -0.1) is 0 Å². The smallest absolute Gasteiger partial charge is 0.271 e. The summed E-state index contributed by atoms with van der Waals surface area (Å²) in [5, 5.41) is 6.63. The Morgan fingerprint density at radius 2 is 1.73 bits per heavy atom. The number of nitrogens with zero attached hydrogens (tertiary/aromatic N) is 1. The highest BCUT2D eigenvalue weighted by Crippen LogP contribution is 2.14. The van der Waals surface area contributed by atoms with Crippen molar-refractivity contribution in [2.45, 2.75) is 20.5 Å². The highest BCUT2D eigenvalue weighted by Gasteiger charge is 2.05. The van der Waals surface area contributed by atoms with Gasteiger partial charge < -0.3 is 10.1 Å². The standard InChI is InChI=1S/C24H23N3O3/c1-17-6-8-20(9-7-17)16-30-23-12-10-19(11-13-23)15-25-27-24(29)21-4-3-5-22(14-21)26-18(2)28/h3-15H,16H2,1-2H3,(H,26,28)(H,27,29)/b25-15-. The maximum absolute atomic E-state index is 12.2. The Morgan fingerprint density at radius 1 is 1.00 bits per heavy atom. The van der Waals surface area contributed by atoms with Crippen LogP contribution in [-0.4, -0.2) is 18.0 Å². The zero-order valence-electron chi connectivity index (χ0n) is 16.9. The van der Waals surface area contributed by atoms with Crippen LogP contribution in [0.1, 0.15) is 34.0 Å². The van der Waals surface area contributed by atoms with E-state index in [2.05, 4.69) is 34.9 Å². The van der Waals surface area contributed by atoms with Gasteiger partial charge in [0.15, 0.2) is 0 Å². The number of ether oxygens (including phenoxy) is 1. The summed E-state index contributed by atoms with van der Waals surface area (Å²) in [5.41, 5.74) is 6.59. The topological polar surface area (TPSA) is 79.8 Å². The summed E-state index contributed by atoms with van der Waals surface area (Å²) in [5.74, 6) is 0.194. The van der Waals surface area contributed by atoms with Gasteiger partial charge in [0.05, 0.1) is 6.21 Å². The Labute approximate surface area is 175 Å². The SMILES string of the molecule is CC(=O)Nc1cccc(C(=O)N/N=C\c2ccc(OCc3ccc(C)cc3)cc2)c1. The van der Waals surface area contributed by atoms with Crippen LogP contribution in [0.4, 0.5) is 5.69 Å². The van der Waals surface area contributed by atoms with Crippen LogP contribution in [0, 0.1) is 6.92 Å². The second kappa shape index (κ2) is 10.0. The largest absolute Gasteiger partial charge is 0.489 e. The lowest BCUT2D eigenvalue weighted by Gasteiger charge is -2.07. The molecular weight excluding hydrogens is 378 g/mol. The summed E-state index contributed by atoms with van der Waals surface area (Å²) < 4.78 is 5.78. The van der Waals surface area contributed by atoms with E-state index in [0.717, 1.165) is 16.9 Å². The van der Waals surface area contributed by atoms with Gasteiger partial charge in [-0.25, -0.2) is 5.43 Å². The molecule has 0 heterocycles. The van der Waals surface area contributed by atoms with E-state index in [4.69, 9.17) is 4.74 Å². The number of rotatable bonds is 7. The zero-order valence-corrected chi connectivity index (χ0v) is 16.9. The molecule has 0 spiro atoms. The third kappa shape index (κ3) is 6.31. The van der Waals surface area contributed by atoms with E-state index < -0.39 is 0 Å². The number of hydrogen-bond donors (Lipinski definition) is 2. The van der Waals surface area contributed by atoms with Crippen LogP contribution in [0.25, 0.3) is 0 Å². The maximum Gasteiger partial charge on any atom is 0.271 e. The van der Waals surface area contributed by atoms with Gasteiger partial charge in [0, 0.05) is 18.2 Å². The Morgan fingerprint density at radius 3 is 2.43 bits per heavy atom. The molecule has 3 aromatic carbocycles. The van der Waals surface area contributed by atoms with E-state index >= 15 is 0 Å². The van der Waals surface area contributed by atoms with Crippen LogP contribution in [0.2, 0.25) is 0 Å². The number of aryl methyl sites for hydroxylation is 1. The van der Waals surface area contributed by atoms with Crippen molar-refractivity contribution in [1.29, 1.82) is 0 Å². The molecule has 0 fully saturated rings. The highest BCUT2D eigenvalue weighted by molar-refractivity contribution is 5.97. The monoisotopic (exact) mass is 401 g/mol. The van der Waals surface area contributed by atoms with Crippen molar-refractivity contribution in [3.8, 4) is 5.75 Å². The van der Waals surface area contributed by atoms with Crippen LogP contribution < -0.4 is 15.5 Å². The zero-order chi connectivity index (χ0) is 21.3. The summed E-state index contributed by atoms with van der Waals surface area (Å²) in [6, 6.07) is 22.3. The predicted octanol–water partition coefficient (Wildman–Crippen LogP) is 4.30. The Kier molecular flexibility index (Phi) is 6.95. The van der Waals surface area contributed by atoms with E-state index in [0.29, 0.717) is 17.9 Å². The minimum atomic E-state index is -0.364. The van der Waals surface area contributed by atoms with Crippen molar-refractivity contribution in [3.05, 3.63) is 95.1 Å². The second-order valence-corrected chi connectivity index (χ2v) is 6.80. The van der Waals surface area contributed by atoms with Gasteiger partial charge in [-0.05, 0) is 60.5 Å². The normalized spacial score (nSPS) is 10.6. The predicted molar refractivity (Wildman–Crippen MR) is 118 cm³/mol. The van der Waals surface area contributed by atoms with Crippen molar-refractivity contribution < 1.29 is 14.3 Å². The first kappa shape index (κ1) is 20.8. The van der Waals surface area contributed by atoms with Crippen molar-refractivity contribution in [3.63, 3.8) is 0 Å². The van der Waals surface area contributed by atoms with Gasteiger partial charge in [-0.1, -0.05) is 35.9 Å². The molecule has 6 nitrogen and oxygen atoms in total. The number of nitrogens with one attached hydrogen (secondary N) is 2. The van der Waals surface area contributed by atoms with Crippen molar-refractivity contribution in [2.75, 3.05) is 5.32 Å². The van der Waals surface area contributed by atoms with E-state index in [1.807, 2.05) is 36.4 Å². The third-order valence-corrected chi connectivity index (χ3v) is 4.23. The van der Waals surface area contributed by atoms with Crippen LogP contribution in [-0.2, 0) is 11.4 Å². The molecule has 2 amide bonds. The molecule has 2 N–H and O–H groups in total. The Balaban J connectivity index is 1.51. The highest BCUT2D eigenvalue weighted by atomic mass is 16.5. The first-order valence-corrected chi connectivity index (χ1v) is 9.49. The molecule has 152 valence electrons. The number of hydrazone groups is 1. The first-order chi connectivity index (χ1) is 14.5. The van der Waals surface area contributed by atoms with Gasteiger partial charge in [0.1, 0.15) is 12.4 Å². The number of benzene rings is 3. The summed E-state index contributed by atoms with van der Waals surface area (Å²) in [7, 11) is 0. The number of carbonyl (C=O) groups is 2. The molecule has 0 saturated heterocycles. The molecule has 3 rings (SSSR count). The van der Waals surface area contributed by atoms with Gasteiger partial charge in [-0.3, -0.25) is 9.59 Å². The van der Waals surface area contributed by atoms with Gasteiger partial charge in [0.2, 0.25) is 5.91 Å². The minimum absolute atomic E-state index is 0.197. The molecule has 0 radical (unpaired) electrons.